The molecule has 7 heteroatoms. The molecule has 3 N–H and O–H groups in total. The SMILES string of the molecule is C#Cn1cc(CC(N)C(=O)O)c2cccc([N+](=O)[O-])c21. The number of fused-ring (bicyclic) bond motifs is 1. The van der Waals surface area contributed by atoms with E-state index in [-0.39, 0.29) is 17.6 Å². The maximum atomic E-state index is 11.0. The molecule has 2 rings (SSSR count). The molecule has 0 aliphatic rings. The summed E-state index contributed by atoms with van der Waals surface area (Å²) in [5, 5.41) is 20.4. The van der Waals surface area contributed by atoms with E-state index >= 15 is 0 Å². The van der Waals surface area contributed by atoms with E-state index in [9.17, 15) is 14.9 Å². The van der Waals surface area contributed by atoms with Crippen molar-refractivity contribution >= 4 is 22.6 Å². The van der Waals surface area contributed by atoms with Crippen molar-refractivity contribution < 1.29 is 14.8 Å². The molecule has 0 aliphatic carbocycles. The number of aromatic nitrogens is 1. The Kier molecular flexibility index (Phi) is 3.41. The van der Waals surface area contributed by atoms with E-state index < -0.39 is 16.9 Å². The second-order valence-corrected chi connectivity index (χ2v) is 4.23. The molecule has 1 heterocycles. The zero-order valence-electron chi connectivity index (χ0n) is 10.3. The normalized spacial score (nSPS) is 12.0. The summed E-state index contributed by atoms with van der Waals surface area (Å²) in [5.74, 6) is -1.14. The average molecular weight is 273 g/mol. The highest BCUT2D eigenvalue weighted by Crippen LogP contribution is 2.29. The number of para-hydroxylation sites is 1. The summed E-state index contributed by atoms with van der Waals surface area (Å²) in [6.07, 6.45) is 6.88. The second-order valence-electron chi connectivity index (χ2n) is 4.23. The van der Waals surface area contributed by atoms with Gasteiger partial charge in [-0.1, -0.05) is 18.6 Å². The van der Waals surface area contributed by atoms with Crippen LogP contribution in [0.2, 0.25) is 0 Å². The monoisotopic (exact) mass is 273 g/mol. The van der Waals surface area contributed by atoms with Crippen molar-refractivity contribution in [2.45, 2.75) is 12.5 Å². The summed E-state index contributed by atoms with van der Waals surface area (Å²) >= 11 is 0. The van der Waals surface area contributed by atoms with E-state index in [0.717, 1.165) is 0 Å². The number of carbonyl (C=O) groups is 1. The van der Waals surface area contributed by atoms with Gasteiger partial charge in [-0.2, -0.15) is 0 Å². The number of carboxylic acids is 1. The van der Waals surface area contributed by atoms with Gasteiger partial charge in [0.2, 0.25) is 0 Å². The second kappa shape index (κ2) is 5.03. The highest BCUT2D eigenvalue weighted by atomic mass is 16.6. The summed E-state index contributed by atoms with van der Waals surface area (Å²) in [6.45, 7) is 0. The van der Waals surface area contributed by atoms with Crippen molar-refractivity contribution in [3.05, 3.63) is 40.1 Å². The number of aliphatic carboxylic acids is 1. The number of nitrogens with zero attached hydrogens (tertiary/aromatic N) is 2. The van der Waals surface area contributed by atoms with Crippen LogP contribution >= 0.6 is 0 Å². The maximum absolute atomic E-state index is 11.0. The topological polar surface area (TPSA) is 111 Å². The van der Waals surface area contributed by atoms with E-state index in [4.69, 9.17) is 17.3 Å². The fourth-order valence-corrected chi connectivity index (χ4v) is 2.07. The first-order valence-corrected chi connectivity index (χ1v) is 5.68. The lowest BCUT2D eigenvalue weighted by Gasteiger charge is -2.04. The molecular formula is C13H11N3O4. The van der Waals surface area contributed by atoms with Crippen molar-refractivity contribution in [2.24, 2.45) is 5.73 Å². The summed E-state index contributed by atoms with van der Waals surface area (Å²) in [5.41, 5.74) is 6.20. The van der Waals surface area contributed by atoms with Gasteiger partial charge in [-0.25, -0.2) is 0 Å². The number of nitro groups is 1. The molecule has 1 unspecified atom stereocenters. The number of rotatable bonds is 4. The zero-order valence-corrected chi connectivity index (χ0v) is 10.3. The van der Waals surface area contributed by atoms with Crippen LogP contribution in [-0.2, 0) is 11.2 Å². The van der Waals surface area contributed by atoms with E-state index in [1.165, 1.54) is 22.9 Å². The molecule has 0 aliphatic heterocycles. The lowest BCUT2D eigenvalue weighted by molar-refractivity contribution is -0.383. The predicted molar refractivity (Wildman–Crippen MR) is 72.1 cm³/mol. The van der Waals surface area contributed by atoms with Crippen molar-refractivity contribution in [2.75, 3.05) is 0 Å². The number of hydrogen-bond donors (Lipinski definition) is 2. The van der Waals surface area contributed by atoms with Crippen molar-refractivity contribution in [1.29, 1.82) is 0 Å². The third-order valence-electron chi connectivity index (χ3n) is 2.98. The highest BCUT2D eigenvalue weighted by molar-refractivity contribution is 5.92. The van der Waals surface area contributed by atoms with Crippen LogP contribution in [0.25, 0.3) is 10.9 Å². The first-order valence-electron chi connectivity index (χ1n) is 5.68. The van der Waals surface area contributed by atoms with Gasteiger partial charge in [0.25, 0.3) is 5.69 Å². The van der Waals surface area contributed by atoms with Gasteiger partial charge in [-0.3, -0.25) is 19.5 Å². The highest BCUT2D eigenvalue weighted by Gasteiger charge is 2.21. The van der Waals surface area contributed by atoms with Gasteiger partial charge in [-0.05, 0) is 5.56 Å². The largest absolute Gasteiger partial charge is 0.480 e. The number of benzene rings is 1. The summed E-state index contributed by atoms with van der Waals surface area (Å²) in [4.78, 5) is 21.3. The fourth-order valence-electron chi connectivity index (χ4n) is 2.07. The summed E-state index contributed by atoms with van der Waals surface area (Å²) in [6, 6.07) is 5.74. The first kappa shape index (κ1) is 13.6. The van der Waals surface area contributed by atoms with Gasteiger partial charge < -0.3 is 10.8 Å². The van der Waals surface area contributed by atoms with Crippen molar-refractivity contribution in [1.82, 2.24) is 4.57 Å². The van der Waals surface area contributed by atoms with Crippen molar-refractivity contribution in [3.8, 4) is 12.5 Å². The minimum absolute atomic E-state index is 0.0433. The van der Waals surface area contributed by atoms with Crippen LogP contribution in [-0.4, -0.2) is 26.6 Å². The fraction of sp³-hybridized carbons (Fsp3) is 0.154. The molecule has 0 radical (unpaired) electrons. The molecule has 0 spiro atoms. The minimum Gasteiger partial charge on any atom is -0.480 e. The molecular weight excluding hydrogens is 262 g/mol. The molecule has 0 bridgehead atoms. The number of terminal acetylenes is 1. The first-order chi connectivity index (χ1) is 9.45. The van der Waals surface area contributed by atoms with E-state index in [1.807, 2.05) is 0 Å². The lowest BCUT2D eigenvalue weighted by Crippen LogP contribution is -2.32. The lowest BCUT2D eigenvalue weighted by atomic mass is 10.1. The molecule has 20 heavy (non-hydrogen) atoms. The molecule has 0 saturated heterocycles. The molecule has 0 saturated carbocycles. The third kappa shape index (κ3) is 2.20. The molecule has 1 atom stereocenters. The molecule has 0 amide bonds. The number of nitrogens with two attached hydrogens (primary N) is 1. The van der Waals surface area contributed by atoms with E-state index in [2.05, 4.69) is 6.04 Å². The molecule has 0 fully saturated rings. The van der Waals surface area contributed by atoms with Crippen LogP contribution in [0, 0.1) is 22.6 Å². The Labute approximate surface area is 113 Å². The predicted octanol–water partition coefficient (Wildman–Crippen LogP) is 0.943. The Bertz CT molecular complexity index is 742. The molecule has 2 aromatic rings. The number of nitro benzene ring substituents is 1. The molecule has 102 valence electrons. The average Bonchev–Trinajstić information content (AvgIpc) is 2.76. The summed E-state index contributed by atoms with van der Waals surface area (Å²) in [7, 11) is 0. The Morgan fingerprint density at radius 3 is 2.85 bits per heavy atom. The van der Waals surface area contributed by atoms with Gasteiger partial charge in [0.05, 0.1) is 4.92 Å². The Morgan fingerprint density at radius 2 is 2.30 bits per heavy atom. The number of carboxylic acid groups (broad SMARTS) is 1. The third-order valence-corrected chi connectivity index (χ3v) is 2.98. The summed E-state index contributed by atoms with van der Waals surface area (Å²) < 4.78 is 1.28. The van der Waals surface area contributed by atoms with Crippen LogP contribution in [0.15, 0.2) is 24.4 Å². The minimum atomic E-state index is -1.14. The molecule has 1 aromatic heterocycles. The van der Waals surface area contributed by atoms with Crippen LogP contribution in [0.4, 0.5) is 5.69 Å². The number of hydrogen-bond acceptors (Lipinski definition) is 4. The molecule has 1 aromatic carbocycles. The Balaban J connectivity index is 2.65. The maximum Gasteiger partial charge on any atom is 0.320 e. The zero-order chi connectivity index (χ0) is 14.9. The smallest absolute Gasteiger partial charge is 0.320 e. The van der Waals surface area contributed by atoms with Gasteiger partial charge in [0, 0.05) is 30.1 Å². The molecule has 7 nitrogen and oxygen atoms in total. The van der Waals surface area contributed by atoms with Gasteiger partial charge in [-0.15, -0.1) is 0 Å². The van der Waals surface area contributed by atoms with E-state index in [0.29, 0.717) is 10.9 Å². The van der Waals surface area contributed by atoms with Gasteiger partial charge in [0.1, 0.15) is 11.6 Å². The van der Waals surface area contributed by atoms with Gasteiger partial charge in [0.15, 0.2) is 0 Å². The van der Waals surface area contributed by atoms with Crippen LogP contribution < -0.4 is 5.73 Å². The van der Waals surface area contributed by atoms with Crippen LogP contribution in [0.5, 0.6) is 0 Å². The van der Waals surface area contributed by atoms with Crippen LogP contribution in [0.1, 0.15) is 5.56 Å². The Morgan fingerprint density at radius 1 is 1.60 bits per heavy atom. The van der Waals surface area contributed by atoms with Gasteiger partial charge >= 0.3 is 5.97 Å². The van der Waals surface area contributed by atoms with Crippen LogP contribution in [0.3, 0.4) is 0 Å². The van der Waals surface area contributed by atoms with E-state index in [1.54, 1.807) is 6.07 Å². The quantitative estimate of drug-likeness (QED) is 0.489. The van der Waals surface area contributed by atoms with Crippen molar-refractivity contribution in [3.63, 3.8) is 0 Å². The number of non-ortho nitro benzene ring substituents is 1. The standard InChI is InChI=1S/C13H11N3O4/c1-2-15-7-8(6-10(14)13(17)18)9-4-3-5-11(12(9)15)16(19)20/h1,3-5,7,10H,6,14H2,(H,17,18). The Hall–Kier alpha value is -2.85.